The third-order valence-electron chi connectivity index (χ3n) is 2.63. The standard InChI is InChI=1S/C14H21N3O3S/c1-5-20-14(19)11-10(15)9(12(18)16-4)13(21-11)17-7-6-8(2)3/h6,17H,5,7,15H2,1-4H3,(H,16,18). The number of thiophene rings is 1. The second kappa shape index (κ2) is 7.68. The summed E-state index contributed by atoms with van der Waals surface area (Å²) >= 11 is 1.13. The molecular weight excluding hydrogens is 290 g/mol. The molecule has 0 aromatic carbocycles. The zero-order chi connectivity index (χ0) is 16.0. The second-order valence-corrected chi connectivity index (χ2v) is 5.53. The molecule has 7 heteroatoms. The van der Waals surface area contributed by atoms with Crippen LogP contribution in [0.15, 0.2) is 11.6 Å². The van der Waals surface area contributed by atoms with Gasteiger partial charge in [-0.25, -0.2) is 4.79 Å². The Labute approximate surface area is 128 Å². The molecule has 1 aromatic heterocycles. The second-order valence-electron chi connectivity index (χ2n) is 4.51. The van der Waals surface area contributed by atoms with E-state index in [0.717, 1.165) is 16.9 Å². The van der Waals surface area contributed by atoms with Crippen molar-refractivity contribution in [3.05, 3.63) is 22.1 Å². The molecule has 116 valence electrons. The van der Waals surface area contributed by atoms with Crippen molar-refractivity contribution < 1.29 is 14.3 Å². The Hall–Kier alpha value is -2.02. The number of nitrogens with one attached hydrogen (secondary N) is 2. The van der Waals surface area contributed by atoms with Crippen LogP contribution in [-0.4, -0.2) is 32.1 Å². The Bertz CT molecular complexity index is 560. The van der Waals surface area contributed by atoms with Gasteiger partial charge in [-0.2, -0.15) is 0 Å². The molecule has 1 aromatic rings. The molecular formula is C14H21N3O3S. The fourth-order valence-corrected chi connectivity index (χ4v) is 2.63. The maximum Gasteiger partial charge on any atom is 0.350 e. The molecule has 1 heterocycles. The first-order chi connectivity index (χ1) is 9.92. The average molecular weight is 311 g/mol. The van der Waals surface area contributed by atoms with Gasteiger partial charge in [-0.3, -0.25) is 4.79 Å². The summed E-state index contributed by atoms with van der Waals surface area (Å²) < 4.78 is 4.95. The van der Waals surface area contributed by atoms with Crippen molar-refractivity contribution in [3.8, 4) is 0 Å². The summed E-state index contributed by atoms with van der Waals surface area (Å²) in [7, 11) is 1.52. The number of anilines is 2. The van der Waals surface area contributed by atoms with Gasteiger partial charge in [0.05, 0.1) is 17.9 Å². The summed E-state index contributed by atoms with van der Waals surface area (Å²) in [6, 6.07) is 0. The first kappa shape index (κ1) is 17.0. The first-order valence-electron chi connectivity index (χ1n) is 6.61. The third kappa shape index (κ3) is 4.22. The smallest absolute Gasteiger partial charge is 0.350 e. The number of hydrogen-bond acceptors (Lipinski definition) is 6. The molecule has 0 fully saturated rings. The number of nitrogens with two attached hydrogens (primary N) is 1. The molecule has 0 atom stereocenters. The van der Waals surface area contributed by atoms with E-state index in [4.69, 9.17) is 10.5 Å². The van der Waals surface area contributed by atoms with Crippen molar-refractivity contribution in [2.45, 2.75) is 20.8 Å². The van der Waals surface area contributed by atoms with Crippen molar-refractivity contribution in [3.63, 3.8) is 0 Å². The predicted octanol–water partition coefficient (Wildman–Crippen LogP) is 2.24. The van der Waals surface area contributed by atoms with Crippen LogP contribution < -0.4 is 16.4 Å². The molecule has 0 spiro atoms. The number of ether oxygens (including phenoxy) is 1. The Morgan fingerprint density at radius 3 is 2.57 bits per heavy atom. The summed E-state index contributed by atoms with van der Waals surface area (Å²) in [5, 5.41) is 6.20. The third-order valence-corrected chi connectivity index (χ3v) is 3.78. The van der Waals surface area contributed by atoms with Crippen LogP contribution in [-0.2, 0) is 4.74 Å². The molecule has 0 aliphatic carbocycles. The van der Waals surface area contributed by atoms with Crippen LogP contribution in [0.4, 0.5) is 10.7 Å². The molecule has 0 aliphatic heterocycles. The van der Waals surface area contributed by atoms with Crippen molar-refractivity contribution in [2.75, 3.05) is 31.2 Å². The van der Waals surface area contributed by atoms with E-state index >= 15 is 0 Å². The lowest BCUT2D eigenvalue weighted by molar-refractivity contribution is 0.0533. The SMILES string of the molecule is CCOC(=O)c1sc(NCC=C(C)C)c(C(=O)NC)c1N. The van der Waals surface area contributed by atoms with Crippen LogP contribution in [0.1, 0.15) is 40.8 Å². The minimum atomic E-state index is -0.514. The van der Waals surface area contributed by atoms with Gasteiger partial charge in [0.2, 0.25) is 0 Å². The molecule has 0 unspecified atom stereocenters. The summed E-state index contributed by atoms with van der Waals surface area (Å²) in [5.74, 6) is -0.848. The summed E-state index contributed by atoms with van der Waals surface area (Å²) in [6.07, 6.45) is 1.98. The van der Waals surface area contributed by atoms with Gasteiger partial charge in [-0.1, -0.05) is 11.6 Å². The van der Waals surface area contributed by atoms with Crippen LogP contribution in [0.2, 0.25) is 0 Å². The molecule has 6 nitrogen and oxygen atoms in total. The summed E-state index contributed by atoms with van der Waals surface area (Å²) in [4.78, 5) is 24.1. The fourth-order valence-electron chi connectivity index (χ4n) is 1.61. The number of rotatable bonds is 6. The highest BCUT2D eigenvalue weighted by molar-refractivity contribution is 7.19. The van der Waals surface area contributed by atoms with Gasteiger partial charge in [0, 0.05) is 13.6 Å². The molecule has 21 heavy (non-hydrogen) atoms. The molecule has 0 saturated heterocycles. The quantitative estimate of drug-likeness (QED) is 0.553. The molecule has 0 radical (unpaired) electrons. The number of allylic oxidation sites excluding steroid dienone is 1. The van der Waals surface area contributed by atoms with Gasteiger partial charge in [0.1, 0.15) is 9.88 Å². The Morgan fingerprint density at radius 2 is 2.05 bits per heavy atom. The Kier molecular flexibility index (Phi) is 6.23. The number of amides is 1. The zero-order valence-electron chi connectivity index (χ0n) is 12.7. The van der Waals surface area contributed by atoms with Gasteiger partial charge >= 0.3 is 5.97 Å². The van der Waals surface area contributed by atoms with Crippen molar-refractivity contribution >= 4 is 33.9 Å². The van der Waals surface area contributed by atoms with Crippen LogP contribution in [0.3, 0.4) is 0 Å². The highest BCUT2D eigenvalue weighted by Gasteiger charge is 2.25. The molecule has 0 aliphatic rings. The topological polar surface area (TPSA) is 93.4 Å². The number of esters is 1. The molecule has 0 bridgehead atoms. The van der Waals surface area contributed by atoms with Crippen LogP contribution in [0.5, 0.6) is 0 Å². The van der Waals surface area contributed by atoms with E-state index in [9.17, 15) is 9.59 Å². The number of carbonyl (C=O) groups is 2. The van der Waals surface area contributed by atoms with E-state index in [0.29, 0.717) is 11.5 Å². The largest absolute Gasteiger partial charge is 0.462 e. The van der Waals surface area contributed by atoms with Gasteiger partial charge < -0.3 is 21.1 Å². The first-order valence-corrected chi connectivity index (χ1v) is 7.42. The van der Waals surface area contributed by atoms with Crippen molar-refractivity contribution in [2.24, 2.45) is 0 Å². The maximum absolute atomic E-state index is 12.0. The van der Waals surface area contributed by atoms with Crippen LogP contribution >= 0.6 is 11.3 Å². The monoisotopic (exact) mass is 311 g/mol. The van der Waals surface area contributed by atoms with E-state index in [2.05, 4.69) is 10.6 Å². The van der Waals surface area contributed by atoms with E-state index in [1.54, 1.807) is 6.92 Å². The van der Waals surface area contributed by atoms with E-state index in [1.165, 1.54) is 7.05 Å². The minimum absolute atomic E-state index is 0.150. The highest BCUT2D eigenvalue weighted by atomic mass is 32.1. The summed E-state index contributed by atoms with van der Waals surface area (Å²) in [6.45, 7) is 6.48. The van der Waals surface area contributed by atoms with Gasteiger partial charge in [-0.05, 0) is 20.8 Å². The number of nitrogen functional groups attached to an aromatic ring is 1. The lowest BCUT2D eigenvalue weighted by Crippen LogP contribution is -2.20. The lowest BCUT2D eigenvalue weighted by atomic mass is 10.2. The van der Waals surface area contributed by atoms with E-state index in [1.807, 2.05) is 19.9 Å². The normalized spacial score (nSPS) is 9.90. The molecule has 0 saturated carbocycles. The molecule has 1 amide bonds. The Morgan fingerprint density at radius 1 is 1.38 bits per heavy atom. The predicted molar refractivity (Wildman–Crippen MR) is 86.0 cm³/mol. The van der Waals surface area contributed by atoms with Gasteiger partial charge in [-0.15, -0.1) is 11.3 Å². The lowest BCUT2D eigenvalue weighted by Gasteiger charge is -2.05. The summed E-state index contributed by atoms with van der Waals surface area (Å²) in [5.41, 5.74) is 7.52. The molecule has 1 rings (SSSR count). The maximum atomic E-state index is 12.0. The minimum Gasteiger partial charge on any atom is -0.462 e. The number of hydrogen-bond donors (Lipinski definition) is 3. The van der Waals surface area contributed by atoms with E-state index < -0.39 is 5.97 Å². The number of carbonyl (C=O) groups excluding carboxylic acids is 2. The van der Waals surface area contributed by atoms with Gasteiger partial charge in [0.25, 0.3) is 5.91 Å². The highest BCUT2D eigenvalue weighted by Crippen LogP contribution is 2.36. The van der Waals surface area contributed by atoms with E-state index in [-0.39, 0.29) is 28.6 Å². The van der Waals surface area contributed by atoms with Crippen molar-refractivity contribution in [1.82, 2.24) is 5.32 Å². The van der Waals surface area contributed by atoms with Gasteiger partial charge in [0.15, 0.2) is 0 Å². The average Bonchev–Trinajstić information content (AvgIpc) is 2.75. The fraction of sp³-hybridized carbons (Fsp3) is 0.429. The van der Waals surface area contributed by atoms with Crippen LogP contribution in [0.25, 0.3) is 0 Å². The van der Waals surface area contributed by atoms with Crippen LogP contribution in [0, 0.1) is 0 Å². The van der Waals surface area contributed by atoms with Crippen molar-refractivity contribution in [1.29, 1.82) is 0 Å². The zero-order valence-corrected chi connectivity index (χ0v) is 13.5. The molecule has 4 N–H and O–H groups in total. The Balaban J connectivity index is 3.15.